The van der Waals surface area contributed by atoms with Crippen molar-refractivity contribution in [2.45, 2.75) is 26.8 Å². The quantitative estimate of drug-likeness (QED) is 0.927. The van der Waals surface area contributed by atoms with E-state index < -0.39 is 0 Å². The van der Waals surface area contributed by atoms with Gasteiger partial charge in [0.2, 0.25) is 0 Å². The molecule has 1 aromatic rings. The first kappa shape index (κ1) is 16.0. The lowest BCUT2D eigenvalue weighted by Gasteiger charge is -2.36. The van der Waals surface area contributed by atoms with Crippen molar-refractivity contribution in [2.24, 2.45) is 0 Å². The van der Waals surface area contributed by atoms with E-state index >= 15 is 0 Å². The van der Waals surface area contributed by atoms with Crippen molar-refractivity contribution in [2.75, 3.05) is 38.0 Å². The van der Waals surface area contributed by atoms with Crippen LogP contribution in [0, 0.1) is 0 Å². The highest BCUT2D eigenvalue weighted by molar-refractivity contribution is 6.33. The molecule has 1 amide bonds. The first-order valence-corrected chi connectivity index (χ1v) is 7.83. The molecule has 6 heteroatoms. The van der Waals surface area contributed by atoms with Gasteiger partial charge < -0.3 is 10.2 Å². The maximum absolute atomic E-state index is 12.5. The molecule has 5 nitrogen and oxygen atoms in total. The smallest absolute Gasteiger partial charge is 0.255 e. The number of hydrogen-bond donors (Lipinski definition) is 1. The summed E-state index contributed by atoms with van der Waals surface area (Å²) in [5.41, 5.74) is 0.555. The molecule has 116 valence electrons. The number of carbonyl (C=O) groups is 1. The van der Waals surface area contributed by atoms with E-state index in [0.717, 1.165) is 32.7 Å². The van der Waals surface area contributed by atoms with Crippen LogP contribution >= 0.6 is 11.6 Å². The second kappa shape index (κ2) is 7.09. The fraction of sp³-hybridized carbons (Fsp3) is 0.600. The molecule has 1 N–H and O–H groups in total. The molecule has 0 atom stereocenters. The van der Waals surface area contributed by atoms with E-state index in [9.17, 15) is 4.79 Å². The van der Waals surface area contributed by atoms with E-state index in [1.165, 1.54) is 0 Å². The number of carbonyl (C=O) groups excluding carboxylic acids is 1. The van der Waals surface area contributed by atoms with Crippen molar-refractivity contribution in [3.8, 4) is 0 Å². The topological polar surface area (TPSA) is 48.5 Å². The molecule has 0 spiro atoms. The molecule has 0 aromatic carbocycles. The largest absolute Gasteiger partial charge is 0.369 e. The highest BCUT2D eigenvalue weighted by atomic mass is 35.5. The third kappa shape index (κ3) is 3.86. The van der Waals surface area contributed by atoms with E-state index in [-0.39, 0.29) is 5.91 Å². The highest BCUT2D eigenvalue weighted by Gasteiger charge is 2.23. The number of nitrogens with zero attached hydrogens (tertiary/aromatic N) is 3. The zero-order valence-corrected chi connectivity index (χ0v) is 13.7. The summed E-state index contributed by atoms with van der Waals surface area (Å²) in [6.07, 6.45) is 1.60. The molecule has 0 unspecified atom stereocenters. The van der Waals surface area contributed by atoms with Crippen molar-refractivity contribution in [1.82, 2.24) is 14.8 Å². The predicted octanol–water partition coefficient (Wildman–Crippen LogP) is 2.33. The zero-order valence-electron chi connectivity index (χ0n) is 12.9. The lowest BCUT2D eigenvalue weighted by Crippen LogP contribution is -2.50. The van der Waals surface area contributed by atoms with Crippen LogP contribution < -0.4 is 5.32 Å². The van der Waals surface area contributed by atoms with Gasteiger partial charge in [0, 0.05) is 45.0 Å². The lowest BCUT2D eigenvalue weighted by molar-refractivity contribution is 0.0595. The Labute approximate surface area is 131 Å². The van der Waals surface area contributed by atoms with Gasteiger partial charge in [-0.3, -0.25) is 9.69 Å². The number of hydrogen-bond acceptors (Lipinski definition) is 4. The van der Waals surface area contributed by atoms with Crippen LogP contribution in [0.15, 0.2) is 12.3 Å². The molecule has 0 aliphatic carbocycles. The molecule has 1 aromatic heterocycles. The van der Waals surface area contributed by atoms with Gasteiger partial charge in [-0.15, -0.1) is 0 Å². The van der Waals surface area contributed by atoms with Gasteiger partial charge in [0.15, 0.2) is 0 Å². The van der Waals surface area contributed by atoms with Crippen LogP contribution in [0.4, 0.5) is 5.82 Å². The number of piperazine rings is 1. The number of pyridine rings is 1. The van der Waals surface area contributed by atoms with Gasteiger partial charge in [0.1, 0.15) is 5.82 Å². The molecule has 1 saturated heterocycles. The second-order valence-corrected chi connectivity index (χ2v) is 5.91. The summed E-state index contributed by atoms with van der Waals surface area (Å²) in [5, 5.41) is 3.55. The fourth-order valence-corrected chi connectivity index (χ4v) is 2.71. The fourth-order valence-electron chi connectivity index (χ4n) is 2.48. The third-order valence-corrected chi connectivity index (χ3v) is 4.05. The third-order valence-electron chi connectivity index (χ3n) is 3.76. The van der Waals surface area contributed by atoms with Crippen LogP contribution in [0.2, 0.25) is 5.02 Å². The average Bonchev–Trinajstić information content (AvgIpc) is 2.49. The number of anilines is 1. The Morgan fingerprint density at radius 2 is 2.05 bits per heavy atom. The van der Waals surface area contributed by atoms with Crippen molar-refractivity contribution >= 4 is 23.3 Å². The normalized spacial score (nSPS) is 16.3. The predicted molar refractivity (Wildman–Crippen MR) is 86.0 cm³/mol. The maximum atomic E-state index is 12.5. The Morgan fingerprint density at radius 3 is 2.57 bits per heavy atom. The van der Waals surface area contributed by atoms with E-state index in [1.54, 1.807) is 12.3 Å². The molecule has 1 aliphatic heterocycles. The van der Waals surface area contributed by atoms with Crippen LogP contribution in [0.5, 0.6) is 0 Å². The first-order chi connectivity index (χ1) is 10.0. The molecule has 2 rings (SSSR count). The number of halogens is 1. The minimum absolute atomic E-state index is 0.0101. The van der Waals surface area contributed by atoms with Gasteiger partial charge in [0.05, 0.1) is 10.6 Å². The Bertz CT molecular complexity index is 498. The van der Waals surface area contributed by atoms with Crippen LogP contribution in [-0.4, -0.2) is 59.5 Å². The van der Waals surface area contributed by atoms with Crippen LogP contribution in [0.25, 0.3) is 0 Å². The summed E-state index contributed by atoms with van der Waals surface area (Å²) in [6, 6.07) is 2.22. The van der Waals surface area contributed by atoms with Crippen molar-refractivity contribution < 1.29 is 4.79 Å². The maximum Gasteiger partial charge on any atom is 0.255 e. The minimum Gasteiger partial charge on any atom is -0.369 e. The SMILES string of the molecule is CCNc1ncc(C(=O)N2CCN(C(C)C)CC2)cc1Cl. The van der Waals surface area contributed by atoms with Gasteiger partial charge in [-0.2, -0.15) is 0 Å². The van der Waals surface area contributed by atoms with Crippen molar-refractivity contribution in [3.05, 3.63) is 22.8 Å². The summed E-state index contributed by atoms with van der Waals surface area (Å²) in [4.78, 5) is 21.0. The molecule has 1 fully saturated rings. The molecule has 0 saturated carbocycles. The first-order valence-electron chi connectivity index (χ1n) is 7.45. The van der Waals surface area contributed by atoms with E-state index in [1.807, 2.05) is 11.8 Å². The van der Waals surface area contributed by atoms with Gasteiger partial charge >= 0.3 is 0 Å². The van der Waals surface area contributed by atoms with E-state index in [4.69, 9.17) is 11.6 Å². The molecular formula is C15H23ClN4O. The van der Waals surface area contributed by atoms with Gasteiger partial charge in [-0.05, 0) is 26.8 Å². The number of nitrogens with one attached hydrogen (secondary N) is 1. The van der Waals surface area contributed by atoms with Crippen molar-refractivity contribution in [3.63, 3.8) is 0 Å². The molecule has 2 heterocycles. The Kier molecular flexibility index (Phi) is 5.42. The zero-order chi connectivity index (χ0) is 15.4. The summed E-state index contributed by atoms with van der Waals surface area (Å²) >= 11 is 6.15. The van der Waals surface area contributed by atoms with Crippen LogP contribution in [0.1, 0.15) is 31.1 Å². The summed E-state index contributed by atoms with van der Waals surface area (Å²) in [5.74, 6) is 0.635. The van der Waals surface area contributed by atoms with Gasteiger partial charge in [0.25, 0.3) is 5.91 Å². The second-order valence-electron chi connectivity index (χ2n) is 5.51. The molecule has 0 radical (unpaired) electrons. The molecule has 1 aliphatic rings. The summed E-state index contributed by atoms with van der Waals surface area (Å²) < 4.78 is 0. The minimum atomic E-state index is 0.0101. The Hall–Kier alpha value is -1.33. The molecule has 21 heavy (non-hydrogen) atoms. The Balaban J connectivity index is 2.02. The Morgan fingerprint density at radius 1 is 1.38 bits per heavy atom. The lowest BCUT2D eigenvalue weighted by atomic mass is 10.2. The van der Waals surface area contributed by atoms with E-state index in [2.05, 4.69) is 29.0 Å². The summed E-state index contributed by atoms with van der Waals surface area (Å²) in [7, 11) is 0. The summed E-state index contributed by atoms with van der Waals surface area (Å²) in [6.45, 7) is 10.4. The molecular weight excluding hydrogens is 288 g/mol. The van der Waals surface area contributed by atoms with E-state index in [0.29, 0.717) is 22.4 Å². The van der Waals surface area contributed by atoms with Crippen LogP contribution in [-0.2, 0) is 0 Å². The monoisotopic (exact) mass is 310 g/mol. The average molecular weight is 311 g/mol. The molecule has 0 bridgehead atoms. The highest BCUT2D eigenvalue weighted by Crippen LogP contribution is 2.21. The van der Waals surface area contributed by atoms with Crippen LogP contribution in [0.3, 0.4) is 0 Å². The van der Waals surface area contributed by atoms with Gasteiger partial charge in [-0.25, -0.2) is 4.98 Å². The van der Waals surface area contributed by atoms with Crippen molar-refractivity contribution in [1.29, 1.82) is 0 Å². The number of rotatable bonds is 4. The number of amides is 1. The standard InChI is InChI=1S/C15H23ClN4O/c1-4-17-14-13(16)9-12(10-18-14)15(21)20-7-5-19(6-8-20)11(2)3/h9-11H,4-8H2,1-3H3,(H,17,18). The number of aromatic nitrogens is 1. The van der Waals surface area contributed by atoms with Gasteiger partial charge in [-0.1, -0.05) is 11.6 Å².